The van der Waals surface area contributed by atoms with Gasteiger partial charge in [-0.3, -0.25) is 0 Å². The number of benzene rings is 3. The molecule has 14 heteroatoms. The third-order valence-corrected chi connectivity index (χ3v) is 12.1. The molecule has 0 saturated heterocycles. The maximum atomic E-state index is 13.6. The number of thiol groups is 1. The van der Waals surface area contributed by atoms with Crippen molar-refractivity contribution in [1.82, 2.24) is 0 Å². The van der Waals surface area contributed by atoms with Gasteiger partial charge in [-0.05, 0) is 69.3 Å². The Labute approximate surface area is 220 Å². The summed E-state index contributed by atoms with van der Waals surface area (Å²) >= 11 is 1.63. The lowest BCUT2D eigenvalue weighted by Crippen LogP contribution is -2.11. The summed E-state index contributed by atoms with van der Waals surface area (Å²) in [5.74, 6) is 0. The predicted octanol–water partition coefficient (Wildman–Crippen LogP) is 6.77. The van der Waals surface area contributed by atoms with Crippen LogP contribution in [0, 0.1) is 0 Å². The van der Waals surface area contributed by atoms with E-state index in [0.717, 1.165) is 6.26 Å². The first kappa shape index (κ1) is 28.8. The molecule has 0 saturated carbocycles. The molecule has 4 nitrogen and oxygen atoms in total. The largest absolute Gasteiger partial charge is 0.416 e. The van der Waals surface area contributed by atoms with Crippen LogP contribution in [0.4, 0.5) is 26.3 Å². The van der Waals surface area contributed by atoms with E-state index in [2.05, 4.69) is 0 Å². The molecule has 1 atom stereocenters. The van der Waals surface area contributed by atoms with Gasteiger partial charge in [-0.2, -0.15) is 37.2 Å². The van der Waals surface area contributed by atoms with Crippen molar-refractivity contribution in [3.05, 3.63) is 77.9 Å². The van der Waals surface area contributed by atoms with Crippen LogP contribution >= 0.6 is 33.5 Å². The fourth-order valence-electron chi connectivity index (χ4n) is 3.25. The number of sulfone groups is 2. The van der Waals surface area contributed by atoms with E-state index in [0.29, 0.717) is 12.1 Å². The fraction of sp³-hybridized carbons (Fsp3) is 0.182. The Morgan fingerprint density at radius 1 is 0.694 bits per heavy atom. The molecule has 196 valence electrons. The van der Waals surface area contributed by atoms with Crippen molar-refractivity contribution >= 4 is 53.2 Å². The van der Waals surface area contributed by atoms with Crippen molar-refractivity contribution in [3.63, 3.8) is 0 Å². The first-order valence-corrected chi connectivity index (χ1v) is 16.1. The van der Waals surface area contributed by atoms with Crippen LogP contribution in [0.5, 0.6) is 0 Å². The normalized spacial score (nSPS) is 14.5. The Hall–Kier alpha value is -1.78. The van der Waals surface area contributed by atoms with Gasteiger partial charge in [0.1, 0.15) is 3.76 Å². The van der Waals surface area contributed by atoms with Crippen LogP contribution in [0.15, 0.2) is 91.2 Å². The summed E-state index contributed by atoms with van der Waals surface area (Å²) < 4.78 is 130. The highest BCUT2D eigenvalue weighted by atomic mass is 127. The van der Waals surface area contributed by atoms with Crippen molar-refractivity contribution in [1.29, 1.82) is 0 Å². The van der Waals surface area contributed by atoms with Crippen molar-refractivity contribution < 1.29 is 43.2 Å². The molecule has 0 aliphatic carbocycles. The predicted molar refractivity (Wildman–Crippen MR) is 132 cm³/mol. The van der Waals surface area contributed by atoms with Gasteiger partial charge in [0.15, 0.2) is 19.7 Å². The average Bonchev–Trinajstić information content (AvgIpc) is 2.78. The minimum Gasteiger partial charge on any atom is -0.224 e. The Kier molecular flexibility index (Phi) is 8.14. The van der Waals surface area contributed by atoms with Gasteiger partial charge in [0.2, 0.25) is 0 Å². The molecular weight excluding hydrogens is 665 g/mol. The Balaban J connectivity index is 2.40. The molecule has 0 aromatic heterocycles. The molecule has 3 aromatic carbocycles. The maximum Gasteiger partial charge on any atom is 0.416 e. The van der Waals surface area contributed by atoms with Gasteiger partial charge in [0, 0.05) is 6.26 Å². The molecule has 0 heterocycles. The summed E-state index contributed by atoms with van der Waals surface area (Å²) in [5, 5.41) is 0. The van der Waals surface area contributed by atoms with Gasteiger partial charge in [-0.1, -0.05) is 34.7 Å². The number of hydrogen-bond donors (Lipinski definition) is 1. The third-order valence-electron chi connectivity index (χ3n) is 4.91. The van der Waals surface area contributed by atoms with Crippen LogP contribution in [0.25, 0.3) is 0 Å². The van der Waals surface area contributed by atoms with Crippen LogP contribution in [0.2, 0.25) is 0 Å². The van der Waals surface area contributed by atoms with Crippen molar-refractivity contribution in [2.75, 3.05) is 10.0 Å². The molecule has 3 rings (SSSR count). The Morgan fingerprint density at radius 3 is 1.56 bits per heavy atom. The number of hydrogen-bond acceptors (Lipinski definition) is 4. The van der Waals surface area contributed by atoms with E-state index in [4.69, 9.17) is 0 Å². The lowest BCUT2D eigenvalue weighted by atomic mass is 10.1. The van der Waals surface area contributed by atoms with Crippen LogP contribution in [-0.4, -0.2) is 26.9 Å². The Bertz CT molecular complexity index is 1470. The lowest BCUT2D eigenvalue weighted by molar-refractivity contribution is -0.143. The van der Waals surface area contributed by atoms with Crippen LogP contribution < -0.4 is 0 Å². The van der Waals surface area contributed by atoms with Crippen LogP contribution in [-0.2, 0) is 32.0 Å². The zero-order valence-electron chi connectivity index (χ0n) is 18.1. The van der Waals surface area contributed by atoms with Gasteiger partial charge in [-0.25, -0.2) is 16.8 Å². The van der Waals surface area contributed by atoms with E-state index in [1.165, 1.54) is 48.5 Å². The monoisotopic (exact) mass is 682 g/mol. The van der Waals surface area contributed by atoms with Gasteiger partial charge in [-0.15, -0.1) is 0 Å². The molecule has 0 amide bonds. The second-order valence-corrected chi connectivity index (χ2v) is 15.6. The second-order valence-electron chi connectivity index (χ2n) is 7.59. The first-order chi connectivity index (χ1) is 16.4. The molecule has 3 aromatic rings. The highest BCUT2D eigenvalue weighted by molar-refractivity contribution is 14.1. The lowest BCUT2D eigenvalue weighted by Gasteiger charge is -2.26. The van der Waals surface area contributed by atoms with E-state index >= 15 is 0 Å². The summed E-state index contributed by atoms with van der Waals surface area (Å²) in [4.78, 5) is -0.462. The maximum absolute atomic E-state index is 13.6. The van der Waals surface area contributed by atoms with Gasteiger partial charge in [0.25, 0.3) is 0 Å². The average molecular weight is 682 g/mol. The Morgan fingerprint density at radius 2 is 1.14 bits per heavy atom. The SMILES string of the molecule is CS(=O)(=O)c1cccc([SH](c2cc(C(F)(F)F)cc(C(F)(F)F)c2)c2cccc(S(=O)(=O)CI)c2)c1. The summed E-state index contributed by atoms with van der Waals surface area (Å²) in [6.07, 6.45) is -9.29. The second kappa shape index (κ2) is 10.2. The van der Waals surface area contributed by atoms with Crippen LogP contribution in [0.1, 0.15) is 11.1 Å². The number of rotatable bonds is 6. The topological polar surface area (TPSA) is 68.3 Å². The van der Waals surface area contributed by atoms with E-state index < -0.39 is 54.0 Å². The molecule has 0 fully saturated rings. The summed E-state index contributed by atoms with van der Waals surface area (Å²) in [6.45, 7) is 0. The zero-order valence-corrected chi connectivity index (χ0v) is 22.8. The van der Waals surface area contributed by atoms with E-state index in [1.807, 2.05) is 0 Å². The summed E-state index contributed by atoms with van der Waals surface area (Å²) in [6, 6.07) is 11.5. The summed E-state index contributed by atoms with van der Waals surface area (Å²) in [7, 11) is -9.78. The highest BCUT2D eigenvalue weighted by Crippen LogP contribution is 2.54. The fourth-order valence-corrected chi connectivity index (χ4v) is 8.32. The minimum absolute atomic E-state index is 0.000896. The molecule has 0 radical (unpaired) electrons. The van der Waals surface area contributed by atoms with Crippen molar-refractivity contribution in [3.8, 4) is 0 Å². The summed E-state index contributed by atoms with van der Waals surface area (Å²) in [5.41, 5.74) is -3.06. The molecule has 0 aliphatic rings. The van der Waals surface area contributed by atoms with Gasteiger partial charge in [0.05, 0.1) is 20.9 Å². The minimum atomic E-state index is -5.10. The van der Waals surface area contributed by atoms with Crippen molar-refractivity contribution in [2.24, 2.45) is 0 Å². The van der Waals surface area contributed by atoms with E-state index in [9.17, 15) is 43.2 Å². The third kappa shape index (κ3) is 6.55. The van der Waals surface area contributed by atoms with Gasteiger partial charge < -0.3 is 0 Å². The molecule has 0 bridgehead atoms. The number of alkyl halides is 7. The standard InChI is InChI=1S/C22H17F6IO4S3/c1-35(30,31)19-6-2-4-16(11-19)34(17-5-3-7-20(12-17)36(32,33)13-29)18-9-14(21(23,24)25)8-15(10-18)22(26,27)28/h2-12,34H,13H2,1H3. The quantitative estimate of drug-likeness (QED) is 0.135. The van der Waals surface area contributed by atoms with Gasteiger partial charge >= 0.3 is 12.4 Å². The molecular formula is C22H17F6IO4S3. The smallest absolute Gasteiger partial charge is 0.224 e. The zero-order chi connectivity index (χ0) is 27.1. The van der Waals surface area contributed by atoms with Crippen LogP contribution in [0.3, 0.4) is 0 Å². The first-order valence-electron chi connectivity index (χ1n) is 9.72. The molecule has 36 heavy (non-hydrogen) atoms. The molecule has 1 unspecified atom stereocenters. The van der Waals surface area contributed by atoms with E-state index in [1.54, 1.807) is 22.6 Å². The highest BCUT2D eigenvalue weighted by Gasteiger charge is 2.37. The molecule has 0 aliphatic heterocycles. The van der Waals surface area contributed by atoms with E-state index in [-0.39, 0.29) is 34.3 Å². The number of halogens is 7. The molecule has 0 spiro atoms. The van der Waals surface area contributed by atoms with Crippen molar-refractivity contribution in [2.45, 2.75) is 36.8 Å². The molecule has 0 N–H and O–H groups in total.